The highest BCUT2D eigenvalue weighted by Gasteiger charge is 2.25. The fourth-order valence-electron chi connectivity index (χ4n) is 3.31. The van der Waals surface area contributed by atoms with Gasteiger partial charge in [-0.25, -0.2) is 0 Å². The highest BCUT2D eigenvalue weighted by molar-refractivity contribution is 7.99. The molecular formula is C24H28ClN5O4S. The summed E-state index contributed by atoms with van der Waals surface area (Å²) in [5.41, 5.74) is 1.01. The van der Waals surface area contributed by atoms with Crippen LogP contribution < -0.4 is 20.1 Å². The van der Waals surface area contributed by atoms with Crippen molar-refractivity contribution < 1.29 is 19.1 Å². The summed E-state index contributed by atoms with van der Waals surface area (Å²) in [6.45, 7) is 3.98. The molecule has 11 heteroatoms. The molecule has 0 aliphatic heterocycles. The minimum absolute atomic E-state index is 0.0524. The van der Waals surface area contributed by atoms with Gasteiger partial charge in [0.15, 0.2) is 11.0 Å². The topological polar surface area (TPSA) is 107 Å². The molecule has 0 radical (unpaired) electrons. The number of carbonyl (C=O) groups excluding carboxylic acids is 2. The third-order valence-corrected chi connectivity index (χ3v) is 6.48. The molecule has 0 aliphatic carbocycles. The number of halogens is 1. The third-order valence-electron chi connectivity index (χ3n) is 5.22. The van der Waals surface area contributed by atoms with Gasteiger partial charge in [-0.3, -0.25) is 9.59 Å². The van der Waals surface area contributed by atoms with Crippen LogP contribution in [0.5, 0.6) is 11.5 Å². The molecule has 2 amide bonds. The van der Waals surface area contributed by atoms with E-state index in [-0.39, 0.29) is 29.5 Å². The molecule has 3 aromatic rings. The first-order valence-corrected chi connectivity index (χ1v) is 12.2. The number of carbonyl (C=O) groups is 2. The summed E-state index contributed by atoms with van der Waals surface area (Å²) in [5, 5.41) is 15.4. The van der Waals surface area contributed by atoms with Gasteiger partial charge in [-0.1, -0.05) is 37.2 Å². The van der Waals surface area contributed by atoms with Gasteiger partial charge >= 0.3 is 0 Å². The second kappa shape index (κ2) is 11.9. The minimum Gasteiger partial charge on any atom is -0.497 e. The van der Waals surface area contributed by atoms with Crippen molar-refractivity contribution in [2.75, 3.05) is 25.3 Å². The van der Waals surface area contributed by atoms with Gasteiger partial charge in [-0.2, -0.15) is 0 Å². The number of hydrogen-bond acceptors (Lipinski definition) is 7. The molecule has 9 nitrogen and oxygen atoms in total. The monoisotopic (exact) mass is 517 g/mol. The smallest absolute Gasteiger partial charge is 0.251 e. The van der Waals surface area contributed by atoms with Crippen LogP contribution in [-0.4, -0.2) is 46.6 Å². The SMILES string of the molecule is COc1ccc(C(=O)N[C@@H](c2nnc(SCC(=O)Nc3cc(Cl)ccc3OC)n2C)C(C)C)cc1. The van der Waals surface area contributed by atoms with E-state index >= 15 is 0 Å². The summed E-state index contributed by atoms with van der Waals surface area (Å²) >= 11 is 7.27. The molecule has 0 spiro atoms. The van der Waals surface area contributed by atoms with Crippen molar-refractivity contribution in [2.45, 2.75) is 25.0 Å². The summed E-state index contributed by atoms with van der Waals surface area (Å²) in [6.07, 6.45) is 0. The van der Waals surface area contributed by atoms with E-state index in [0.717, 1.165) is 0 Å². The molecule has 0 fully saturated rings. The lowest BCUT2D eigenvalue weighted by molar-refractivity contribution is -0.113. The van der Waals surface area contributed by atoms with Crippen molar-refractivity contribution >= 4 is 40.9 Å². The Morgan fingerprint density at radius 3 is 2.43 bits per heavy atom. The number of nitrogens with one attached hydrogen (secondary N) is 2. The van der Waals surface area contributed by atoms with E-state index in [4.69, 9.17) is 21.1 Å². The summed E-state index contributed by atoms with van der Waals surface area (Å²) in [6, 6.07) is 11.5. The molecule has 1 aromatic heterocycles. The Kier molecular flexibility index (Phi) is 9.00. The zero-order valence-electron chi connectivity index (χ0n) is 20.2. The average Bonchev–Trinajstić information content (AvgIpc) is 3.20. The van der Waals surface area contributed by atoms with Gasteiger partial charge < -0.3 is 24.7 Å². The number of anilines is 1. The van der Waals surface area contributed by atoms with E-state index in [2.05, 4.69) is 20.8 Å². The first-order valence-electron chi connectivity index (χ1n) is 10.8. The van der Waals surface area contributed by atoms with Gasteiger partial charge in [-0.15, -0.1) is 10.2 Å². The van der Waals surface area contributed by atoms with Crippen molar-refractivity contribution in [2.24, 2.45) is 13.0 Å². The fourth-order valence-corrected chi connectivity index (χ4v) is 4.20. The molecule has 186 valence electrons. The van der Waals surface area contributed by atoms with Crippen molar-refractivity contribution in [3.8, 4) is 11.5 Å². The van der Waals surface area contributed by atoms with Gasteiger partial charge in [-0.05, 0) is 48.4 Å². The van der Waals surface area contributed by atoms with Crippen LogP contribution in [0.15, 0.2) is 47.6 Å². The van der Waals surface area contributed by atoms with Crippen LogP contribution in [0, 0.1) is 5.92 Å². The number of benzene rings is 2. The number of nitrogens with zero attached hydrogens (tertiary/aromatic N) is 3. The van der Waals surface area contributed by atoms with Crippen LogP contribution in [-0.2, 0) is 11.8 Å². The zero-order chi connectivity index (χ0) is 25.5. The number of methoxy groups -OCH3 is 2. The summed E-state index contributed by atoms with van der Waals surface area (Å²) in [5.74, 6) is 1.48. The zero-order valence-corrected chi connectivity index (χ0v) is 21.7. The molecule has 1 heterocycles. The van der Waals surface area contributed by atoms with Crippen molar-refractivity contribution in [1.29, 1.82) is 0 Å². The summed E-state index contributed by atoms with van der Waals surface area (Å²) < 4.78 is 12.2. The van der Waals surface area contributed by atoms with Gasteiger partial charge in [0.1, 0.15) is 11.5 Å². The molecule has 0 bridgehead atoms. The van der Waals surface area contributed by atoms with Gasteiger partial charge in [0.25, 0.3) is 5.91 Å². The molecule has 2 aromatic carbocycles. The van der Waals surface area contributed by atoms with E-state index in [0.29, 0.717) is 38.8 Å². The Labute approximate surface area is 213 Å². The molecule has 1 atom stereocenters. The Bertz CT molecular complexity index is 1180. The average molecular weight is 518 g/mol. The van der Waals surface area contributed by atoms with Crippen LogP contribution in [0.1, 0.15) is 36.1 Å². The van der Waals surface area contributed by atoms with Crippen LogP contribution in [0.3, 0.4) is 0 Å². The van der Waals surface area contributed by atoms with E-state index < -0.39 is 0 Å². The van der Waals surface area contributed by atoms with Crippen LogP contribution in [0.4, 0.5) is 5.69 Å². The number of ether oxygens (including phenoxy) is 2. The quantitative estimate of drug-likeness (QED) is 0.385. The molecule has 0 saturated carbocycles. The first kappa shape index (κ1) is 26.4. The number of amides is 2. The fraction of sp³-hybridized carbons (Fsp3) is 0.333. The number of rotatable bonds is 10. The maximum absolute atomic E-state index is 12.8. The second-order valence-electron chi connectivity index (χ2n) is 8.00. The predicted octanol–water partition coefficient (Wildman–Crippen LogP) is 4.34. The number of hydrogen-bond donors (Lipinski definition) is 2. The lowest BCUT2D eigenvalue weighted by Gasteiger charge is -2.21. The first-order chi connectivity index (χ1) is 16.7. The maximum Gasteiger partial charge on any atom is 0.251 e. The van der Waals surface area contributed by atoms with E-state index in [1.807, 2.05) is 20.9 Å². The lowest BCUT2D eigenvalue weighted by atomic mass is 10.0. The minimum atomic E-state index is -0.374. The summed E-state index contributed by atoms with van der Waals surface area (Å²) in [4.78, 5) is 25.3. The Balaban J connectivity index is 1.67. The number of aromatic nitrogens is 3. The molecule has 2 N–H and O–H groups in total. The predicted molar refractivity (Wildman–Crippen MR) is 136 cm³/mol. The van der Waals surface area contributed by atoms with Crippen LogP contribution in [0.25, 0.3) is 0 Å². The Morgan fingerprint density at radius 2 is 1.80 bits per heavy atom. The standard InChI is InChI=1S/C24H28ClN5O4S/c1-14(2)21(27-23(32)15-6-9-17(33-4)10-7-15)22-28-29-24(30(22)3)35-13-20(31)26-18-12-16(25)8-11-19(18)34-5/h6-12,14,21H,13H2,1-5H3,(H,26,31)(H,27,32)/t21-/m1/s1. The Morgan fingerprint density at radius 1 is 1.09 bits per heavy atom. The molecular weight excluding hydrogens is 490 g/mol. The highest BCUT2D eigenvalue weighted by atomic mass is 35.5. The number of thioether (sulfide) groups is 1. The third kappa shape index (κ3) is 6.67. The molecule has 3 rings (SSSR count). The van der Waals surface area contributed by atoms with Gasteiger partial charge in [0, 0.05) is 17.6 Å². The van der Waals surface area contributed by atoms with E-state index in [1.54, 1.807) is 54.1 Å². The highest BCUT2D eigenvalue weighted by Crippen LogP contribution is 2.29. The largest absolute Gasteiger partial charge is 0.497 e. The normalized spacial score (nSPS) is 11.7. The molecule has 0 unspecified atom stereocenters. The van der Waals surface area contributed by atoms with Gasteiger partial charge in [0.05, 0.1) is 31.7 Å². The maximum atomic E-state index is 12.8. The molecule has 0 saturated heterocycles. The Hall–Kier alpha value is -3.24. The van der Waals surface area contributed by atoms with Crippen molar-refractivity contribution in [3.63, 3.8) is 0 Å². The molecule has 35 heavy (non-hydrogen) atoms. The second-order valence-corrected chi connectivity index (χ2v) is 9.38. The molecule has 0 aliphatic rings. The van der Waals surface area contributed by atoms with E-state index in [9.17, 15) is 9.59 Å². The van der Waals surface area contributed by atoms with E-state index in [1.165, 1.54) is 18.9 Å². The van der Waals surface area contributed by atoms with Gasteiger partial charge in [0.2, 0.25) is 5.91 Å². The van der Waals surface area contributed by atoms with Crippen molar-refractivity contribution in [3.05, 3.63) is 58.9 Å². The van der Waals surface area contributed by atoms with Crippen molar-refractivity contribution in [1.82, 2.24) is 20.1 Å². The summed E-state index contributed by atoms with van der Waals surface area (Å²) in [7, 11) is 4.91. The van der Waals surface area contributed by atoms with Crippen LogP contribution in [0.2, 0.25) is 5.02 Å². The van der Waals surface area contributed by atoms with Crippen LogP contribution >= 0.6 is 23.4 Å². The lowest BCUT2D eigenvalue weighted by Crippen LogP contribution is -2.33.